The molecule has 1 amide bonds. The van der Waals surface area contributed by atoms with Crippen LogP contribution < -0.4 is 5.32 Å². The number of nitrogens with one attached hydrogen (secondary N) is 1. The Morgan fingerprint density at radius 2 is 2.05 bits per heavy atom. The number of hydrogen-bond acceptors (Lipinski definition) is 5. The number of nitrogens with zero attached hydrogens (tertiary/aromatic N) is 3. The van der Waals surface area contributed by atoms with E-state index in [1.54, 1.807) is 0 Å². The fourth-order valence-electron chi connectivity index (χ4n) is 1.79. The van der Waals surface area contributed by atoms with E-state index in [2.05, 4.69) is 10.3 Å². The second-order valence-corrected chi connectivity index (χ2v) is 3.90. The summed E-state index contributed by atoms with van der Waals surface area (Å²) in [5.41, 5.74) is 0.301. The van der Waals surface area contributed by atoms with E-state index in [1.807, 2.05) is 0 Å². The van der Waals surface area contributed by atoms with Crippen molar-refractivity contribution in [3.63, 3.8) is 0 Å². The third kappa shape index (κ3) is 2.15. The van der Waals surface area contributed by atoms with E-state index >= 15 is 0 Å². The van der Waals surface area contributed by atoms with Crippen LogP contribution in [0.5, 0.6) is 0 Å². The lowest BCUT2D eigenvalue weighted by atomic mass is 10.2. The van der Waals surface area contributed by atoms with Gasteiger partial charge < -0.3 is 5.32 Å². The number of aromatic nitrogens is 2. The number of rotatable bonds is 2. The van der Waals surface area contributed by atoms with E-state index in [0.717, 1.165) is 4.57 Å². The average Bonchev–Trinajstić information content (AvgIpc) is 2.72. The van der Waals surface area contributed by atoms with Crippen molar-refractivity contribution in [3.05, 3.63) is 28.6 Å². The zero-order valence-electron chi connectivity index (χ0n) is 10.2. The minimum absolute atomic E-state index is 0.0253. The van der Waals surface area contributed by atoms with Crippen LogP contribution in [0.3, 0.4) is 0 Å². The van der Waals surface area contributed by atoms with Gasteiger partial charge in [-0.3, -0.25) is 24.3 Å². The number of amides is 1. The molecule has 1 aromatic carbocycles. The Labute approximate surface area is 107 Å². The smallest absolute Gasteiger partial charge is 0.295 e. The Balaban J connectivity index is 2.84. The second-order valence-electron chi connectivity index (χ2n) is 3.90. The predicted molar refractivity (Wildman–Crippen MR) is 67.0 cm³/mol. The molecule has 0 bridgehead atoms. The lowest BCUT2D eigenvalue weighted by Gasteiger charge is -2.07. The van der Waals surface area contributed by atoms with E-state index in [4.69, 9.17) is 0 Å². The summed E-state index contributed by atoms with van der Waals surface area (Å²) in [4.78, 5) is 37.0. The van der Waals surface area contributed by atoms with Crippen molar-refractivity contribution < 1.29 is 14.5 Å². The summed E-state index contributed by atoms with van der Waals surface area (Å²) in [6.45, 7) is 2.54. The van der Waals surface area contributed by atoms with Crippen LogP contribution in [0.15, 0.2) is 18.5 Å². The van der Waals surface area contributed by atoms with Crippen LogP contribution in [-0.2, 0) is 4.79 Å². The summed E-state index contributed by atoms with van der Waals surface area (Å²) in [5, 5.41) is 13.4. The molecule has 1 N–H and O–H groups in total. The van der Waals surface area contributed by atoms with E-state index in [0.29, 0.717) is 5.52 Å². The lowest BCUT2D eigenvalue weighted by molar-refractivity contribution is -0.383. The Kier molecular flexibility index (Phi) is 2.99. The SMILES string of the molecule is CC(=O)Nc1c([N+](=O)[O-])ccc2ncn(C(C)=O)c12. The first-order valence-corrected chi connectivity index (χ1v) is 5.34. The summed E-state index contributed by atoms with van der Waals surface area (Å²) in [6.07, 6.45) is 1.27. The summed E-state index contributed by atoms with van der Waals surface area (Å²) in [5.74, 6) is -0.818. The fourth-order valence-corrected chi connectivity index (χ4v) is 1.79. The minimum atomic E-state index is -0.623. The Bertz CT molecular complexity index is 704. The molecule has 0 saturated heterocycles. The van der Waals surface area contributed by atoms with Gasteiger partial charge in [-0.2, -0.15) is 0 Å². The van der Waals surface area contributed by atoms with Crippen LogP contribution in [0, 0.1) is 10.1 Å². The fraction of sp³-hybridized carbons (Fsp3) is 0.182. The monoisotopic (exact) mass is 262 g/mol. The molecular weight excluding hydrogens is 252 g/mol. The van der Waals surface area contributed by atoms with Crippen molar-refractivity contribution in [3.8, 4) is 0 Å². The summed E-state index contributed by atoms with van der Waals surface area (Å²) < 4.78 is 1.16. The molecule has 0 aliphatic carbocycles. The van der Waals surface area contributed by atoms with Gasteiger partial charge in [-0.1, -0.05) is 0 Å². The number of carbonyl (C=O) groups excluding carboxylic acids is 2. The van der Waals surface area contributed by atoms with E-state index in [-0.39, 0.29) is 22.8 Å². The van der Waals surface area contributed by atoms with Crippen LogP contribution in [-0.4, -0.2) is 26.3 Å². The van der Waals surface area contributed by atoms with E-state index < -0.39 is 10.8 Å². The number of hydrogen-bond donors (Lipinski definition) is 1. The first-order chi connectivity index (χ1) is 8.91. The summed E-state index contributed by atoms with van der Waals surface area (Å²) in [6, 6.07) is 2.67. The maximum atomic E-state index is 11.5. The molecule has 1 aromatic heterocycles. The minimum Gasteiger partial charge on any atom is -0.319 e. The number of imidazole rings is 1. The number of anilines is 1. The molecule has 0 unspecified atom stereocenters. The zero-order chi connectivity index (χ0) is 14.2. The Hall–Kier alpha value is -2.77. The average molecular weight is 262 g/mol. The van der Waals surface area contributed by atoms with Gasteiger partial charge in [-0.25, -0.2) is 4.98 Å². The number of benzene rings is 1. The van der Waals surface area contributed by atoms with Gasteiger partial charge in [0, 0.05) is 19.9 Å². The molecule has 0 saturated carbocycles. The Morgan fingerprint density at radius 1 is 1.37 bits per heavy atom. The van der Waals surface area contributed by atoms with Crippen LogP contribution in [0.4, 0.5) is 11.4 Å². The number of carbonyl (C=O) groups is 2. The van der Waals surface area contributed by atoms with Crippen molar-refractivity contribution in [1.82, 2.24) is 9.55 Å². The highest BCUT2D eigenvalue weighted by atomic mass is 16.6. The van der Waals surface area contributed by atoms with Crippen molar-refractivity contribution in [2.24, 2.45) is 0 Å². The van der Waals surface area contributed by atoms with E-state index in [9.17, 15) is 19.7 Å². The number of nitro groups is 1. The van der Waals surface area contributed by atoms with Crippen LogP contribution in [0.1, 0.15) is 18.6 Å². The van der Waals surface area contributed by atoms with E-state index in [1.165, 1.54) is 32.3 Å². The van der Waals surface area contributed by atoms with Crippen LogP contribution in [0.2, 0.25) is 0 Å². The third-order valence-corrected chi connectivity index (χ3v) is 2.52. The maximum Gasteiger partial charge on any atom is 0.295 e. The number of fused-ring (bicyclic) bond motifs is 1. The largest absolute Gasteiger partial charge is 0.319 e. The zero-order valence-corrected chi connectivity index (χ0v) is 10.2. The van der Waals surface area contributed by atoms with Gasteiger partial charge in [0.2, 0.25) is 11.8 Å². The molecule has 0 spiro atoms. The molecule has 8 nitrogen and oxygen atoms in total. The molecule has 0 aliphatic rings. The van der Waals surface area contributed by atoms with Gasteiger partial charge >= 0.3 is 0 Å². The van der Waals surface area contributed by atoms with Crippen molar-refractivity contribution in [2.45, 2.75) is 13.8 Å². The molecule has 0 radical (unpaired) electrons. The second kappa shape index (κ2) is 4.48. The van der Waals surface area contributed by atoms with Gasteiger partial charge in [0.05, 0.1) is 10.4 Å². The first kappa shape index (κ1) is 12.7. The molecule has 1 heterocycles. The van der Waals surface area contributed by atoms with Crippen LogP contribution >= 0.6 is 0 Å². The summed E-state index contributed by atoms with van der Waals surface area (Å²) in [7, 11) is 0. The van der Waals surface area contributed by atoms with Crippen molar-refractivity contribution in [1.29, 1.82) is 0 Å². The van der Waals surface area contributed by atoms with Crippen molar-refractivity contribution >= 4 is 34.2 Å². The molecule has 19 heavy (non-hydrogen) atoms. The molecular formula is C11H10N4O4. The van der Waals surface area contributed by atoms with Crippen LogP contribution in [0.25, 0.3) is 11.0 Å². The van der Waals surface area contributed by atoms with Gasteiger partial charge in [-0.05, 0) is 6.07 Å². The van der Waals surface area contributed by atoms with Gasteiger partial charge in [0.25, 0.3) is 5.69 Å². The molecule has 8 heteroatoms. The van der Waals surface area contributed by atoms with Gasteiger partial charge in [0.15, 0.2) is 0 Å². The third-order valence-electron chi connectivity index (χ3n) is 2.52. The molecule has 2 rings (SSSR count). The summed E-state index contributed by atoms with van der Waals surface area (Å²) >= 11 is 0. The molecule has 0 atom stereocenters. The highest BCUT2D eigenvalue weighted by molar-refractivity contribution is 6.05. The molecule has 98 valence electrons. The van der Waals surface area contributed by atoms with Gasteiger partial charge in [-0.15, -0.1) is 0 Å². The number of nitro benzene ring substituents is 1. The first-order valence-electron chi connectivity index (χ1n) is 5.34. The normalized spacial score (nSPS) is 10.4. The van der Waals surface area contributed by atoms with Crippen molar-refractivity contribution in [2.75, 3.05) is 5.32 Å². The predicted octanol–water partition coefficient (Wildman–Crippen LogP) is 1.56. The molecule has 0 aliphatic heterocycles. The highest BCUT2D eigenvalue weighted by Gasteiger charge is 2.22. The van der Waals surface area contributed by atoms with Gasteiger partial charge in [0.1, 0.15) is 17.5 Å². The maximum absolute atomic E-state index is 11.5. The standard InChI is InChI=1S/C11H10N4O4/c1-6(16)13-10-9(15(18)19)4-3-8-11(10)14(5-12-8)7(2)17/h3-5H,1-2H3,(H,13,16). The molecule has 0 fully saturated rings. The lowest BCUT2D eigenvalue weighted by Crippen LogP contribution is -2.11. The Morgan fingerprint density at radius 3 is 2.58 bits per heavy atom. The quantitative estimate of drug-likeness (QED) is 0.652. The topological polar surface area (TPSA) is 107 Å². The highest BCUT2D eigenvalue weighted by Crippen LogP contribution is 2.32. The molecule has 2 aromatic rings.